The third-order valence-corrected chi connectivity index (χ3v) is 4.75. The van der Waals surface area contributed by atoms with Crippen LogP contribution in [0, 0.1) is 0 Å². The largest absolute Gasteiger partial charge is 0.300 e. The van der Waals surface area contributed by atoms with Gasteiger partial charge in [0, 0.05) is 53.8 Å². The van der Waals surface area contributed by atoms with Crippen LogP contribution in [-0.2, 0) is 15.6 Å². The number of hydrogen-bond acceptors (Lipinski definition) is 3. The topological polar surface area (TPSA) is 37.4 Å². The highest BCUT2D eigenvalue weighted by Gasteiger charge is 2.41. The summed E-state index contributed by atoms with van der Waals surface area (Å²) in [4.78, 5) is 14.0. The van der Waals surface area contributed by atoms with Crippen molar-refractivity contribution >= 4 is 16.6 Å². The first-order chi connectivity index (χ1) is 7.58. The van der Waals surface area contributed by atoms with E-state index >= 15 is 0 Å². The van der Waals surface area contributed by atoms with Crippen LogP contribution in [-0.4, -0.2) is 45.0 Å². The van der Waals surface area contributed by atoms with Gasteiger partial charge in [0.15, 0.2) is 0 Å². The normalized spacial score (nSPS) is 34.0. The molecule has 92 valence electrons. The van der Waals surface area contributed by atoms with E-state index in [9.17, 15) is 9.00 Å². The van der Waals surface area contributed by atoms with E-state index in [0.29, 0.717) is 23.9 Å². The van der Waals surface area contributed by atoms with Gasteiger partial charge in [-0.2, -0.15) is 0 Å². The minimum atomic E-state index is -0.693. The van der Waals surface area contributed by atoms with Gasteiger partial charge in [-0.1, -0.05) is 0 Å². The Bertz CT molecular complexity index is 289. The van der Waals surface area contributed by atoms with Crippen molar-refractivity contribution in [3.8, 4) is 0 Å². The number of rotatable bonds is 4. The van der Waals surface area contributed by atoms with Crippen LogP contribution in [0.25, 0.3) is 0 Å². The van der Waals surface area contributed by atoms with Crippen molar-refractivity contribution in [1.82, 2.24) is 4.90 Å². The van der Waals surface area contributed by atoms with E-state index in [0.717, 1.165) is 25.0 Å². The first-order valence-corrected chi connectivity index (χ1v) is 7.90. The zero-order valence-electron chi connectivity index (χ0n) is 10.1. The molecule has 3 nitrogen and oxygen atoms in total. The van der Waals surface area contributed by atoms with Gasteiger partial charge >= 0.3 is 0 Å². The van der Waals surface area contributed by atoms with E-state index in [1.807, 2.05) is 0 Å². The predicted molar refractivity (Wildman–Crippen MR) is 65.9 cm³/mol. The molecule has 2 bridgehead atoms. The van der Waals surface area contributed by atoms with Crippen molar-refractivity contribution < 1.29 is 9.00 Å². The minimum Gasteiger partial charge on any atom is -0.300 e. The fourth-order valence-corrected chi connectivity index (χ4v) is 3.88. The lowest BCUT2D eigenvalue weighted by molar-refractivity contribution is -0.124. The molecule has 0 aromatic rings. The Morgan fingerprint density at radius 1 is 1.38 bits per heavy atom. The van der Waals surface area contributed by atoms with Gasteiger partial charge in [-0.15, -0.1) is 0 Å². The number of Topliss-reactive ketones (excluding diaryl/α,β-unsaturated/α-hetero) is 1. The summed E-state index contributed by atoms with van der Waals surface area (Å²) in [5.74, 6) is 1.22. The highest BCUT2D eigenvalue weighted by molar-refractivity contribution is 7.84. The summed E-state index contributed by atoms with van der Waals surface area (Å²) in [6.45, 7) is 2.22. The van der Waals surface area contributed by atoms with Gasteiger partial charge < -0.3 is 0 Å². The fraction of sp³-hybridized carbons (Fsp3) is 0.917. The summed E-state index contributed by atoms with van der Waals surface area (Å²) in [5.41, 5.74) is 0. The van der Waals surface area contributed by atoms with E-state index in [-0.39, 0.29) is 0 Å². The molecule has 0 N–H and O–H groups in total. The molecule has 0 aromatic carbocycles. The van der Waals surface area contributed by atoms with Crippen LogP contribution in [0.2, 0.25) is 0 Å². The summed E-state index contributed by atoms with van der Waals surface area (Å²) in [6.07, 6.45) is 6.60. The Morgan fingerprint density at radius 3 is 2.44 bits per heavy atom. The van der Waals surface area contributed by atoms with Crippen LogP contribution in [0.3, 0.4) is 0 Å². The average Bonchev–Trinajstić information content (AvgIpc) is 2.48. The molecular formula is C12H21NO2S. The van der Waals surface area contributed by atoms with E-state index in [1.54, 1.807) is 6.26 Å². The highest BCUT2D eigenvalue weighted by Crippen LogP contribution is 2.36. The number of ketones is 1. The third kappa shape index (κ3) is 2.54. The lowest BCUT2D eigenvalue weighted by Crippen LogP contribution is -2.48. The van der Waals surface area contributed by atoms with Crippen molar-refractivity contribution in [3.05, 3.63) is 0 Å². The number of nitrogens with zero attached hydrogens (tertiary/aromatic N) is 1. The molecule has 2 saturated heterocycles. The molecule has 0 radical (unpaired) electrons. The first kappa shape index (κ1) is 12.2. The van der Waals surface area contributed by atoms with Gasteiger partial charge in [0.25, 0.3) is 0 Å². The third-order valence-electron chi connectivity index (χ3n) is 3.94. The molecule has 4 heteroatoms. The average molecular weight is 243 g/mol. The molecule has 2 aliphatic rings. The Hall–Kier alpha value is -0.220. The molecule has 0 aliphatic carbocycles. The molecule has 2 rings (SSSR count). The molecule has 2 heterocycles. The summed E-state index contributed by atoms with van der Waals surface area (Å²) in [6, 6.07) is 1.44. The Balaban J connectivity index is 1.94. The molecule has 0 spiro atoms. The maximum absolute atomic E-state index is 11.5. The van der Waals surface area contributed by atoms with E-state index < -0.39 is 10.8 Å². The molecule has 2 fully saturated rings. The molecule has 0 aromatic heterocycles. The Labute approximate surface area is 100 Å². The maximum Gasteiger partial charge on any atom is 0.136 e. The van der Waals surface area contributed by atoms with Crippen molar-refractivity contribution in [2.45, 2.75) is 57.2 Å². The second-order valence-corrected chi connectivity index (χ2v) is 6.75. The monoisotopic (exact) mass is 243 g/mol. The van der Waals surface area contributed by atoms with E-state index in [4.69, 9.17) is 0 Å². The first-order valence-electron chi connectivity index (χ1n) is 6.17. The second-order valence-electron chi connectivity index (χ2n) is 5.19. The van der Waals surface area contributed by atoms with E-state index in [2.05, 4.69) is 11.8 Å². The number of hydrogen-bond donors (Lipinski definition) is 0. The van der Waals surface area contributed by atoms with Crippen molar-refractivity contribution in [1.29, 1.82) is 0 Å². The number of fused-ring (bicyclic) bond motifs is 2. The summed E-state index contributed by atoms with van der Waals surface area (Å²) >= 11 is 0. The smallest absolute Gasteiger partial charge is 0.136 e. The lowest BCUT2D eigenvalue weighted by Gasteiger charge is -2.38. The Kier molecular flexibility index (Phi) is 3.80. The predicted octanol–water partition coefficient (Wildman–Crippen LogP) is 1.34. The SMILES string of the molecule is CC(CCS(C)=O)N1C2CCC1CC(=O)C2. The van der Waals surface area contributed by atoms with Crippen LogP contribution in [0.4, 0.5) is 0 Å². The van der Waals surface area contributed by atoms with Gasteiger partial charge in [-0.25, -0.2) is 0 Å². The minimum absolute atomic E-state index is 0.440. The maximum atomic E-state index is 11.5. The van der Waals surface area contributed by atoms with Crippen LogP contribution in [0.15, 0.2) is 0 Å². The molecule has 4 unspecified atom stereocenters. The summed E-state index contributed by atoms with van der Waals surface area (Å²) < 4.78 is 11.1. The van der Waals surface area contributed by atoms with E-state index in [1.165, 1.54) is 12.8 Å². The van der Waals surface area contributed by atoms with Crippen LogP contribution in [0.5, 0.6) is 0 Å². The molecule has 0 saturated carbocycles. The second kappa shape index (κ2) is 4.96. The molecule has 16 heavy (non-hydrogen) atoms. The zero-order chi connectivity index (χ0) is 11.7. The highest BCUT2D eigenvalue weighted by atomic mass is 32.2. The molecule has 4 atom stereocenters. The summed E-state index contributed by atoms with van der Waals surface area (Å²) in [5, 5.41) is 0. The fourth-order valence-electron chi connectivity index (χ4n) is 3.21. The van der Waals surface area contributed by atoms with Crippen LogP contribution >= 0.6 is 0 Å². The van der Waals surface area contributed by atoms with Crippen LogP contribution < -0.4 is 0 Å². The standard InChI is InChI=1S/C12H21NO2S/c1-9(5-6-16(2)15)13-10-3-4-11(13)8-12(14)7-10/h9-11H,3-8H2,1-2H3. The zero-order valence-corrected chi connectivity index (χ0v) is 11.0. The van der Waals surface area contributed by atoms with Gasteiger partial charge in [0.2, 0.25) is 0 Å². The lowest BCUT2D eigenvalue weighted by atomic mass is 9.99. The molecule has 0 amide bonds. The van der Waals surface area contributed by atoms with Gasteiger partial charge in [0.05, 0.1) is 0 Å². The molecular weight excluding hydrogens is 222 g/mol. The Morgan fingerprint density at radius 2 is 1.94 bits per heavy atom. The van der Waals surface area contributed by atoms with Gasteiger partial charge in [-0.3, -0.25) is 13.9 Å². The quantitative estimate of drug-likeness (QED) is 0.748. The van der Waals surface area contributed by atoms with Crippen LogP contribution in [0.1, 0.15) is 39.0 Å². The summed E-state index contributed by atoms with van der Waals surface area (Å²) in [7, 11) is -0.693. The number of carbonyl (C=O) groups excluding carboxylic acids is 1. The number of carbonyl (C=O) groups is 1. The number of piperidine rings is 1. The van der Waals surface area contributed by atoms with Crippen molar-refractivity contribution in [2.75, 3.05) is 12.0 Å². The van der Waals surface area contributed by atoms with Gasteiger partial charge in [0.1, 0.15) is 5.78 Å². The van der Waals surface area contributed by atoms with Crippen molar-refractivity contribution in [2.24, 2.45) is 0 Å². The molecule has 2 aliphatic heterocycles. The van der Waals surface area contributed by atoms with Gasteiger partial charge in [-0.05, 0) is 26.2 Å². The van der Waals surface area contributed by atoms with Crippen molar-refractivity contribution in [3.63, 3.8) is 0 Å².